The van der Waals surface area contributed by atoms with E-state index in [2.05, 4.69) is 66.2 Å². The third-order valence-electron chi connectivity index (χ3n) is 5.94. The van der Waals surface area contributed by atoms with Gasteiger partial charge in [0.2, 0.25) is 0 Å². The number of likely N-dealkylation sites (N-methyl/N-ethyl adjacent to an activating group) is 1. The second-order valence-electron chi connectivity index (χ2n) is 7.56. The number of likely N-dealkylation sites (tertiary alicyclic amines) is 1. The van der Waals surface area contributed by atoms with Crippen molar-refractivity contribution in [3.8, 4) is 0 Å². The van der Waals surface area contributed by atoms with Crippen molar-refractivity contribution < 1.29 is 4.74 Å². The number of halogens is 1. The minimum atomic E-state index is 0. The van der Waals surface area contributed by atoms with E-state index in [9.17, 15) is 0 Å². The lowest BCUT2D eigenvalue weighted by Crippen LogP contribution is -2.43. The average molecular weight is 500 g/mol. The van der Waals surface area contributed by atoms with Crippen LogP contribution in [0.15, 0.2) is 35.3 Å². The summed E-state index contributed by atoms with van der Waals surface area (Å²) in [5, 5.41) is 3.52. The van der Waals surface area contributed by atoms with Crippen LogP contribution >= 0.6 is 24.0 Å². The maximum atomic E-state index is 6.04. The number of aliphatic imine (C=N–C) groups is 1. The van der Waals surface area contributed by atoms with Gasteiger partial charge in [-0.2, -0.15) is 0 Å². The maximum absolute atomic E-state index is 6.04. The Balaban J connectivity index is 0.00000280. The zero-order chi connectivity index (χ0) is 19.1. The van der Waals surface area contributed by atoms with Gasteiger partial charge in [-0.05, 0) is 38.4 Å². The molecule has 2 saturated heterocycles. The summed E-state index contributed by atoms with van der Waals surface area (Å²) in [7, 11) is 0. The van der Waals surface area contributed by atoms with Gasteiger partial charge in [0.15, 0.2) is 5.96 Å². The number of hydrogen-bond donors (Lipinski definition) is 1. The van der Waals surface area contributed by atoms with Crippen LogP contribution in [-0.2, 0) is 4.74 Å². The fourth-order valence-electron chi connectivity index (χ4n) is 4.43. The molecule has 0 aromatic heterocycles. The van der Waals surface area contributed by atoms with Crippen LogP contribution in [0.5, 0.6) is 0 Å². The van der Waals surface area contributed by atoms with Crippen molar-refractivity contribution in [2.75, 3.05) is 45.9 Å². The predicted octanol–water partition coefficient (Wildman–Crippen LogP) is 3.76. The molecular formula is C22H37IN4O. The molecule has 5 nitrogen and oxygen atoms in total. The normalized spacial score (nSPS) is 25.2. The molecule has 0 radical (unpaired) electrons. The summed E-state index contributed by atoms with van der Waals surface area (Å²) in [5.41, 5.74) is 1.28. The van der Waals surface area contributed by atoms with E-state index in [1.165, 1.54) is 12.0 Å². The molecule has 1 aromatic carbocycles. The maximum Gasteiger partial charge on any atom is 0.193 e. The lowest BCUT2D eigenvalue weighted by Gasteiger charge is -2.27. The van der Waals surface area contributed by atoms with Crippen LogP contribution in [0.3, 0.4) is 0 Å². The number of ether oxygens (including phenoxy) is 1. The van der Waals surface area contributed by atoms with Crippen LogP contribution in [0.2, 0.25) is 0 Å². The van der Waals surface area contributed by atoms with E-state index in [1.807, 2.05) is 0 Å². The molecule has 1 aromatic rings. The molecule has 2 heterocycles. The minimum Gasteiger partial charge on any atom is -0.373 e. The minimum absolute atomic E-state index is 0. The van der Waals surface area contributed by atoms with Crippen LogP contribution in [0.4, 0.5) is 0 Å². The smallest absolute Gasteiger partial charge is 0.193 e. The molecule has 3 rings (SSSR count). The summed E-state index contributed by atoms with van der Waals surface area (Å²) in [6.07, 6.45) is 2.50. The van der Waals surface area contributed by atoms with Gasteiger partial charge in [0.05, 0.1) is 6.10 Å². The first-order valence-electron chi connectivity index (χ1n) is 10.7. The van der Waals surface area contributed by atoms with Gasteiger partial charge in [0.25, 0.3) is 0 Å². The zero-order valence-corrected chi connectivity index (χ0v) is 20.0. The quantitative estimate of drug-likeness (QED) is 0.352. The molecule has 6 heteroatoms. The summed E-state index contributed by atoms with van der Waals surface area (Å²) in [6, 6.07) is 11.3. The van der Waals surface area contributed by atoms with E-state index in [0.29, 0.717) is 12.0 Å². The van der Waals surface area contributed by atoms with E-state index < -0.39 is 0 Å². The third-order valence-corrected chi connectivity index (χ3v) is 5.94. The van der Waals surface area contributed by atoms with E-state index in [4.69, 9.17) is 9.73 Å². The van der Waals surface area contributed by atoms with Crippen molar-refractivity contribution in [2.45, 2.75) is 45.8 Å². The Kier molecular flexibility index (Phi) is 10.0. The molecule has 3 atom stereocenters. The summed E-state index contributed by atoms with van der Waals surface area (Å²) in [5.74, 6) is 1.54. The monoisotopic (exact) mass is 500 g/mol. The molecule has 0 aliphatic carbocycles. The number of nitrogens with one attached hydrogen (secondary N) is 1. The van der Waals surface area contributed by atoms with Crippen molar-refractivity contribution in [1.29, 1.82) is 0 Å². The Hall–Kier alpha value is -0.860. The molecule has 0 saturated carbocycles. The lowest BCUT2D eigenvalue weighted by molar-refractivity contribution is 0.0925. The first-order valence-corrected chi connectivity index (χ1v) is 10.7. The number of benzene rings is 1. The van der Waals surface area contributed by atoms with Crippen LogP contribution in [0.25, 0.3) is 0 Å². The van der Waals surface area contributed by atoms with E-state index in [-0.39, 0.29) is 30.1 Å². The fourth-order valence-corrected chi connectivity index (χ4v) is 4.43. The Morgan fingerprint density at radius 3 is 2.61 bits per heavy atom. The van der Waals surface area contributed by atoms with Crippen molar-refractivity contribution in [3.63, 3.8) is 0 Å². The first-order chi connectivity index (χ1) is 13.3. The standard InChI is InChI=1S/C22H36N4O.HI/c1-4-23-22(26-14-12-20(17-26)25(5-2)6-3)24-16-19-13-15-27-21(19)18-10-8-7-9-11-18;/h7-11,19-21H,4-6,12-17H2,1-3H3,(H,23,24);1H. The van der Waals surface area contributed by atoms with Crippen molar-refractivity contribution in [2.24, 2.45) is 10.9 Å². The van der Waals surface area contributed by atoms with Crippen LogP contribution in [0, 0.1) is 5.92 Å². The van der Waals surface area contributed by atoms with Gasteiger partial charge in [-0.25, -0.2) is 0 Å². The van der Waals surface area contributed by atoms with Gasteiger partial charge < -0.3 is 15.0 Å². The van der Waals surface area contributed by atoms with Crippen molar-refractivity contribution in [1.82, 2.24) is 15.1 Å². The summed E-state index contributed by atoms with van der Waals surface area (Å²) in [4.78, 5) is 10.0. The molecule has 2 aliphatic rings. The molecule has 0 spiro atoms. The average Bonchev–Trinajstić information content (AvgIpc) is 3.37. The Morgan fingerprint density at radius 1 is 1.18 bits per heavy atom. The Bertz CT molecular complexity index is 593. The Labute approximate surface area is 187 Å². The van der Waals surface area contributed by atoms with Crippen LogP contribution in [0.1, 0.15) is 45.3 Å². The lowest BCUT2D eigenvalue weighted by atomic mass is 9.95. The molecule has 0 amide bonds. The molecule has 2 fully saturated rings. The zero-order valence-electron chi connectivity index (χ0n) is 17.6. The summed E-state index contributed by atoms with van der Waals surface area (Å²) >= 11 is 0. The summed E-state index contributed by atoms with van der Waals surface area (Å²) in [6.45, 7) is 13.7. The van der Waals surface area contributed by atoms with Gasteiger partial charge in [0.1, 0.15) is 0 Å². The van der Waals surface area contributed by atoms with Gasteiger partial charge in [-0.3, -0.25) is 9.89 Å². The van der Waals surface area contributed by atoms with Gasteiger partial charge in [-0.15, -0.1) is 24.0 Å². The van der Waals surface area contributed by atoms with E-state index >= 15 is 0 Å². The van der Waals surface area contributed by atoms with Crippen LogP contribution < -0.4 is 5.32 Å². The number of guanidine groups is 1. The largest absolute Gasteiger partial charge is 0.373 e. The molecule has 2 aliphatic heterocycles. The van der Waals surface area contributed by atoms with Gasteiger partial charge in [0, 0.05) is 44.7 Å². The second kappa shape index (κ2) is 12.0. The number of rotatable bonds is 7. The van der Waals surface area contributed by atoms with E-state index in [1.54, 1.807) is 0 Å². The molecule has 0 bridgehead atoms. The number of hydrogen-bond acceptors (Lipinski definition) is 3. The SMILES string of the molecule is CCNC(=NCC1CCOC1c1ccccc1)N1CCC(N(CC)CC)C1.I. The highest BCUT2D eigenvalue weighted by atomic mass is 127. The summed E-state index contributed by atoms with van der Waals surface area (Å²) < 4.78 is 6.04. The van der Waals surface area contributed by atoms with Crippen molar-refractivity contribution in [3.05, 3.63) is 35.9 Å². The fraction of sp³-hybridized carbons (Fsp3) is 0.682. The highest BCUT2D eigenvalue weighted by Crippen LogP contribution is 2.34. The highest BCUT2D eigenvalue weighted by molar-refractivity contribution is 14.0. The Morgan fingerprint density at radius 2 is 1.93 bits per heavy atom. The first kappa shape index (κ1) is 23.4. The number of nitrogens with zero attached hydrogens (tertiary/aromatic N) is 3. The molecule has 158 valence electrons. The predicted molar refractivity (Wildman–Crippen MR) is 128 cm³/mol. The molecular weight excluding hydrogens is 463 g/mol. The van der Waals surface area contributed by atoms with Gasteiger partial charge in [-0.1, -0.05) is 44.2 Å². The van der Waals surface area contributed by atoms with Crippen LogP contribution in [-0.4, -0.2) is 67.7 Å². The van der Waals surface area contributed by atoms with Gasteiger partial charge >= 0.3 is 0 Å². The van der Waals surface area contributed by atoms with E-state index in [0.717, 1.165) is 58.3 Å². The topological polar surface area (TPSA) is 40.1 Å². The second-order valence-corrected chi connectivity index (χ2v) is 7.56. The van der Waals surface area contributed by atoms with Crippen molar-refractivity contribution >= 4 is 29.9 Å². The third kappa shape index (κ3) is 5.83. The molecule has 28 heavy (non-hydrogen) atoms. The molecule has 1 N–H and O–H groups in total. The highest BCUT2D eigenvalue weighted by Gasteiger charge is 2.31. The molecule has 3 unspecified atom stereocenters.